The van der Waals surface area contributed by atoms with Crippen LogP contribution < -0.4 is 5.73 Å². The molecule has 0 atom stereocenters. The molecule has 18 heavy (non-hydrogen) atoms. The molecular weight excluding hydrogens is 272 g/mol. The minimum Gasteiger partial charge on any atom is -0.392 e. The Kier molecular flexibility index (Phi) is 3.98. The number of thiocarbonyl (C=S) groups is 1. The molecule has 1 aliphatic carbocycles. The third kappa shape index (κ3) is 2.70. The quantitative estimate of drug-likeness (QED) is 0.775. The van der Waals surface area contributed by atoms with Gasteiger partial charge in [-0.25, -0.2) is 8.42 Å². The Morgan fingerprint density at radius 1 is 1.56 bits per heavy atom. The van der Waals surface area contributed by atoms with E-state index in [0.717, 1.165) is 25.7 Å². The van der Waals surface area contributed by atoms with Gasteiger partial charge in [-0.3, -0.25) is 5.10 Å². The number of hydrogen-bond acceptors (Lipinski definition) is 4. The Balaban J connectivity index is 2.30. The van der Waals surface area contributed by atoms with Crippen LogP contribution in [0.5, 0.6) is 0 Å². The van der Waals surface area contributed by atoms with Crippen molar-refractivity contribution in [3.63, 3.8) is 0 Å². The van der Waals surface area contributed by atoms with E-state index >= 15 is 0 Å². The molecule has 0 aromatic carbocycles. The Morgan fingerprint density at radius 3 is 2.72 bits per heavy atom. The summed E-state index contributed by atoms with van der Waals surface area (Å²) in [5, 5.41) is 6.20. The molecule has 3 N–H and O–H groups in total. The third-order valence-electron chi connectivity index (χ3n) is 3.12. The van der Waals surface area contributed by atoms with Crippen LogP contribution in [0.4, 0.5) is 0 Å². The van der Waals surface area contributed by atoms with Gasteiger partial charge in [-0.15, -0.1) is 0 Å². The van der Waals surface area contributed by atoms with Crippen molar-refractivity contribution in [2.75, 3.05) is 6.54 Å². The van der Waals surface area contributed by atoms with Gasteiger partial charge in [0.15, 0.2) is 0 Å². The first kappa shape index (κ1) is 13.4. The summed E-state index contributed by atoms with van der Waals surface area (Å²) in [6.45, 7) is 0.0908. The lowest BCUT2D eigenvalue weighted by molar-refractivity contribution is 0.355. The Labute approximate surface area is 112 Å². The summed E-state index contributed by atoms with van der Waals surface area (Å²) in [7, 11) is -3.56. The minimum atomic E-state index is -3.56. The Hall–Kier alpha value is -0.990. The van der Waals surface area contributed by atoms with Crippen LogP contribution in [0.3, 0.4) is 0 Å². The monoisotopic (exact) mass is 288 g/mol. The van der Waals surface area contributed by atoms with Gasteiger partial charge < -0.3 is 5.73 Å². The van der Waals surface area contributed by atoms with Crippen molar-refractivity contribution < 1.29 is 8.42 Å². The van der Waals surface area contributed by atoms with Gasteiger partial charge in [0.25, 0.3) is 0 Å². The van der Waals surface area contributed by atoms with Crippen molar-refractivity contribution in [2.24, 2.45) is 5.73 Å². The second kappa shape index (κ2) is 5.33. The van der Waals surface area contributed by atoms with E-state index in [1.54, 1.807) is 0 Å². The van der Waals surface area contributed by atoms with Crippen molar-refractivity contribution in [2.45, 2.75) is 36.6 Å². The van der Waals surface area contributed by atoms with Crippen molar-refractivity contribution in [1.82, 2.24) is 14.5 Å². The molecule has 1 saturated carbocycles. The van der Waals surface area contributed by atoms with Crippen LogP contribution in [0.2, 0.25) is 0 Å². The van der Waals surface area contributed by atoms with Crippen LogP contribution in [-0.2, 0) is 10.0 Å². The normalized spacial score (nSPS) is 17.4. The SMILES string of the molecule is NC(=S)CN(C1CCCC1)S(=O)(=O)c1cn[nH]c1. The summed E-state index contributed by atoms with van der Waals surface area (Å²) in [5.74, 6) is 0. The van der Waals surface area contributed by atoms with Gasteiger partial charge in [0, 0.05) is 12.2 Å². The van der Waals surface area contributed by atoms with Crippen LogP contribution in [0.15, 0.2) is 17.3 Å². The first-order valence-corrected chi connectivity index (χ1v) is 7.65. The summed E-state index contributed by atoms with van der Waals surface area (Å²) in [5.41, 5.74) is 5.51. The largest absolute Gasteiger partial charge is 0.392 e. The van der Waals surface area contributed by atoms with Crippen LogP contribution in [0.25, 0.3) is 0 Å². The highest BCUT2D eigenvalue weighted by Crippen LogP contribution is 2.28. The summed E-state index contributed by atoms with van der Waals surface area (Å²) in [4.78, 5) is 0.347. The molecule has 0 bridgehead atoms. The van der Waals surface area contributed by atoms with Crippen molar-refractivity contribution >= 4 is 27.2 Å². The minimum absolute atomic E-state index is 0.00796. The van der Waals surface area contributed by atoms with Gasteiger partial charge in [-0.1, -0.05) is 25.1 Å². The van der Waals surface area contributed by atoms with Crippen molar-refractivity contribution in [3.8, 4) is 0 Å². The topological polar surface area (TPSA) is 92.1 Å². The predicted octanol–water partition coefficient (Wildman–Crippen LogP) is 0.629. The molecule has 1 aromatic heterocycles. The van der Waals surface area contributed by atoms with E-state index in [2.05, 4.69) is 10.2 Å². The van der Waals surface area contributed by atoms with Gasteiger partial charge >= 0.3 is 0 Å². The average molecular weight is 288 g/mol. The predicted molar refractivity (Wildman–Crippen MR) is 71.5 cm³/mol. The standard InChI is InChI=1S/C10H16N4O2S2/c11-10(17)7-14(8-3-1-2-4-8)18(15,16)9-5-12-13-6-9/h5-6,8H,1-4,7H2,(H2,11,17)(H,12,13). The van der Waals surface area contributed by atoms with E-state index in [0.29, 0.717) is 0 Å². The summed E-state index contributed by atoms with van der Waals surface area (Å²) in [6, 6.07) is -0.00796. The lowest BCUT2D eigenvalue weighted by Gasteiger charge is -2.26. The van der Waals surface area contributed by atoms with Gasteiger partial charge in [-0.05, 0) is 12.8 Å². The molecule has 2 rings (SSSR count). The number of hydrogen-bond donors (Lipinski definition) is 2. The second-order valence-corrected chi connectivity index (χ2v) is 6.80. The number of sulfonamides is 1. The van der Waals surface area contributed by atoms with Crippen LogP contribution >= 0.6 is 12.2 Å². The first-order valence-electron chi connectivity index (χ1n) is 5.81. The summed E-state index contributed by atoms with van der Waals surface area (Å²) < 4.78 is 26.3. The maximum absolute atomic E-state index is 12.5. The van der Waals surface area contributed by atoms with E-state index in [1.165, 1.54) is 16.7 Å². The number of aromatic amines is 1. The molecule has 8 heteroatoms. The van der Waals surface area contributed by atoms with E-state index in [4.69, 9.17) is 18.0 Å². The van der Waals surface area contributed by atoms with Gasteiger partial charge in [0.2, 0.25) is 10.0 Å². The number of nitrogens with one attached hydrogen (secondary N) is 1. The van der Waals surface area contributed by atoms with Gasteiger partial charge in [-0.2, -0.15) is 9.40 Å². The second-order valence-electron chi connectivity index (χ2n) is 4.39. The maximum atomic E-state index is 12.5. The van der Waals surface area contributed by atoms with E-state index in [1.807, 2.05) is 0 Å². The molecule has 0 saturated heterocycles. The van der Waals surface area contributed by atoms with Gasteiger partial charge in [0.1, 0.15) is 4.90 Å². The average Bonchev–Trinajstić information content (AvgIpc) is 2.98. The fourth-order valence-corrected chi connectivity index (χ4v) is 4.06. The van der Waals surface area contributed by atoms with Crippen LogP contribution in [-0.4, -0.2) is 40.5 Å². The maximum Gasteiger partial charge on any atom is 0.246 e. The van der Waals surface area contributed by atoms with Crippen molar-refractivity contribution in [1.29, 1.82) is 0 Å². The molecule has 1 heterocycles. The molecule has 0 radical (unpaired) electrons. The fourth-order valence-electron chi connectivity index (χ4n) is 2.27. The highest BCUT2D eigenvalue weighted by atomic mass is 32.2. The highest BCUT2D eigenvalue weighted by molar-refractivity contribution is 7.89. The highest BCUT2D eigenvalue weighted by Gasteiger charge is 2.34. The van der Waals surface area contributed by atoms with Crippen LogP contribution in [0, 0.1) is 0 Å². The van der Waals surface area contributed by atoms with E-state index < -0.39 is 10.0 Å². The fraction of sp³-hybridized carbons (Fsp3) is 0.600. The molecule has 6 nitrogen and oxygen atoms in total. The Bertz CT molecular complexity index is 506. The number of rotatable bonds is 5. The number of nitrogens with two attached hydrogens (primary N) is 1. The lowest BCUT2D eigenvalue weighted by Crippen LogP contribution is -2.43. The molecule has 0 aliphatic heterocycles. The number of H-pyrrole nitrogens is 1. The summed E-state index contributed by atoms with van der Waals surface area (Å²) >= 11 is 4.85. The third-order valence-corrected chi connectivity index (χ3v) is 5.12. The zero-order valence-corrected chi connectivity index (χ0v) is 11.5. The molecule has 1 fully saturated rings. The van der Waals surface area contributed by atoms with Crippen molar-refractivity contribution in [3.05, 3.63) is 12.4 Å². The zero-order valence-electron chi connectivity index (χ0n) is 9.87. The molecule has 1 aliphatic rings. The molecule has 0 spiro atoms. The number of aromatic nitrogens is 2. The molecular formula is C10H16N4O2S2. The van der Waals surface area contributed by atoms with E-state index in [9.17, 15) is 8.42 Å². The smallest absolute Gasteiger partial charge is 0.246 e. The molecule has 100 valence electrons. The number of nitrogens with zero attached hydrogens (tertiary/aromatic N) is 2. The molecule has 0 amide bonds. The molecule has 0 unspecified atom stereocenters. The zero-order chi connectivity index (χ0) is 13.2. The summed E-state index contributed by atoms with van der Waals surface area (Å²) in [6.07, 6.45) is 6.48. The Morgan fingerprint density at radius 2 is 2.22 bits per heavy atom. The van der Waals surface area contributed by atoms with Crippen LogP contribution in [0.1, 0.15) is 25.7 Å². The van der Waals surface area contributed by atoms with E-state index in [-0.39, 0.29) is 22.5 Å². The first-order chi connectivity index (χ1) is 8.51. The lowest BCUT2D eigenvalue weighted by atomic mass is 10.2. The molecule has 1 aromatic rings. The van der Waals surface area contributed by atoms with Gasteiger partial charge in [0.05, 0.1) is 17.7 Å².